The first-order valence-corrected chi connectivity index (χ1v) is 4.58. The van der Waals surface area contributed by atoms with Crippen molar-refractivity contribution >= 4 is 34.5 Å². The van der Waals surface area contributed by atoms with Gasteiger partial charge in [0, 0.05) is 12.4 Å². The summed E-state index contributed by atoms with van der Waals surface area (Å²) in [5.74, 6) is 0. The van der Waals surface area contributed by atoms with Gasteiger partial charge in [0.15, 0.2) is 0 Å². The van der Waals surface area contributed by atoms with Crippen LogP contribution < -0.4 is 4.90 Å². The third-order valence-corrected chi connectivity index (χ3v) is 2.41. The first kappa shape index (κ1) is 9.15. The van der Waals surface area contributed by atoms with E-state index in [2.05, 4.69) is 12.6 Å². The topological polar surface area (TPSA) is 33.5 Å². The molecule has 0 atom stereocenters. The Labute approximate surface area is 86.7 Å². The molecule has 14 heavy (non-hydrogen) atoms. The molecule has 0 radical (unpaired) electrons. The van der Waals surface area contributed by atoms with Crippen molar-refractivity contribution in [2.45, 2.75) is 0 Å². The van der Waals surface area contributed by atoms with E-state index in [1.807, 2.05) is 24.3 Å². The molecule has 0 bridgehead atoms. The molecule has 0 aliphatic rings. The molecular weight excluding hydrogens is 198 g/mol. The highest BCUT2D eigenvalue weighted by Gasteiger charge is 2.12. The van der Waals surface area contributed by atoms with E-state index in [4.69, 9.17) is 4.42 Å². The standard InChI is InChI=1S/C10H9NO2S/c1-11(10(12)14)8-6-13-9-5-3-2-4-7(8)9/h2-6H,1H3,(H,12,14). The lowest BCUT2D eigenvalue weighted by molar-refractivity contribution is 0.266. The Morgan fingerprint density at radius 1 is 1.43 bits per heavy atom. The number of hydrogen-bond acceptors (Lipinski definition) is 2. The van der Waals surface area contributed by atoms with Crippen molar-refractivity contribution in [1.82, 2.24) is 0 Å². The quantitative estimate of drug-likeness (QED) is 0.729. The second kappa shape index (κ2) is 3.38. The molecule has 1 heterocycles. The fraction of sp³-hybridized carbons (Fsp3) is 0.100. The maximum Gasteiger partial charge on any atom is 0.282 e. The van der Waals surface area contributed by atoms with Gasteiger partial charge < -0.3 is 9.32 Å². The molecule has 0 aliphatic heterocycles. The molecule has 4 heteroatoms. The van der Waals surface area contributed by atoms with Crippen LogP contribution in [0, 0.1) is 0 Å². The Balaban J connectivity index is 2.58. The summed E-state index contributed by atoms with van der Waals surface area (Å²) in [6, 6.07) is 7.55. The molecule has 0 saturated carbocycles. The second-order valence-corrected chi connectivity index (χ2v) is 3.34. The Morgan fingerprint density at radius 3 is 2.86 bits per heavy atom. The lowest BCUT2D eigenvalue weighted by atomic mass is 10.2. The van der Waals surface area contributed by atoms with Crippen LogP contribution >= 0.6 is 12.6 Å². The number of fused-ring (bicyclic) bond motifs is 1. The molecule has 72 valence electrons. The summed E-state index contributed by atoms with van der Waals surface area (Å²) in [5.41, 5.74) is 1.50. The Hall–Kier alpha value is -1.42. The molecule has 1 amide bonds. The zero-order valence-electron chi connectivity index (χ0n) is 7.60. The summed E-state index contributed by atoms with van der Waals surface area (Å²) in [6.07, 6.45) is 1.55. The third-order valence-electron chi connectivity index (χ3n) is 2.11. The number of carbonyl (C=O) groups is 1. The fourth-order valence-corrected chi connectivity index (χ4v) is 1.43. The average molecular weight is 207 g/mol. The highest BCUT2D eigenvalue weighted by Crippen LogP contribution is 2.28. The van der Waals surface area contributed by atoms with E-state index in [0.29, 0.717) is 0 Å². The molecule has 3 nitrogen and oxygen atoms in total. The van der Waals surface area contributed by atoms with Gasteiger partial charge in [0.25, 0.3) is 5.24 Å². The fourth-order valence-electron chi connectivity index (χ4n) is 1.33. The zero-order chi connectivity index (χ0) is 10.1. The van der Waals surface area contributed by atoms with Crippen LogP contribution in [0.25, 0.3) is 11.0 Å². The van der Waals surface area contributed by atoms with E-state index < -0.39 is 0 Å². The highest BCUT2D eigenvalue weighted by atomic mass is 32.1. The highest BCUT2D eigenvalue weighted by molar-refractivity contribution is 7.96. The normalized spacial score (nSPS) is 10.4. The van der Waals surface area contributed by atoms with Crippen LogP contribution in [-0.2, 0) is 0 Å². The number of nitrogens with zero attached hydrogens (tertiary/aromatic N) is 1. The number of thiol groups is 1. The average Bonchev–Trinajstić information content (AvgIpc) is 2.60. The number of para-hydroxylation sites is 1. The van der Waals surface area contributed by atoms with Gasteiger partial charge in [-0.3, -0.25) is 4.79 Å². The van der Waals surface area contributed by atoms with Crippen LogP contribution in [0.4, 0.5) is 10.5 Å². The summed E-state index contributed by atoms with van der Waals surface area (Å²) < 4.78 is 5.29. The zero-order valence-corrected chi connectivity index (χ0v) is 8.49. The molecule has 1 aromatic carbocycles. The van der Waals surface area contributed by atoms with Crippen LogP contribution in [0.15, 0.2) is 34.9 Å². The summed E-state index contributed by atoms with van der Waals surface area (Å²) >= 11 is 3.75. The SMILES string of the molecule is CN(C(=O)S)c1coc2ccccc12. The molecule has 0 fully saturated rings. The Bertz CT molecular complexity index is 478. The molecule has 2 aromatic rings. The van der Waals surface area contributed by atoms with Crippen LogP contribution in [0.1, 0.15) is 0 Å². The van der Waals surface area contributed by atoms with Gasteiger partial charge in [-0.1, -0.05) is 24.8 Å². The number of carbonyl (C=O) groups excluding carboxylic acids is 1. The van der Waals surface area contributed by atoms with Gasteiger partial charge in [-0.25, -0.2) is 0 Å². The van der Waals surface area contributed by atoms with Gasteiger partial charge in [-0.05, 0) is 12.1 Å². The predicted octanol–water partition coefficient (Wildman–Crippen LogP) is 2.92. The first-order chi connectivity index (χ1) is 6.70. The molecule has 0 aliphatic carbocycles. The smallest absolute Gasteiger partial charge is 0.282 e. The summed E-state index contributed by atoms with van der Waals surface area (Å²) in [5, 5.41) is 0.606. The maximum absolute atomic E-state index is 11.0. The number of hydrogen-bond donors (Lipinski definition) is 1. The van der Waals surface area contributed by atoms with Crippen molar-refractivity contribution in [3.05, 3.63) is 30.5 Å². The van der Waals surface area contributed by atoms with Crippen molar-refractivity contribution in [3.8, 4) is 0 Å². The van der Waals surface area contributed by atoms with Crippen molar-refractivity contribution in [2.24, 2.45) is 0 Å². The number of benzene rings is 1. The summed E-state index contributed by atoms with van der Waals surface area (Å²) in [7, 11) is 1.66. The van der Waals surface area contributed by atoms with Crippen molar-refractivity contribution in [2.75, 3.05) is 11.9 Å². The maximum atomic E-state index is 11.0. The van der Waals surface area contributed by atoms with Crippen molar-refractivity contribution < 1.29 is 9.21 Å². The molecule has 0 unspecified atom stereocenters. The monoisotopic (exact) mass is 207 g/mol. The first-order valence-electron chi connectivity index (χ1n) is 4.13. The lowest BCUT2D eigenvalue weighted by Gasteiger charge is -2.10. The van der Waals surface area contributed by atoms with E-state index in [1.54, 1.807) is 13.3 Å². The van der Waals surface area contributed by atoms with Crippen molar-refractivity contribution in [1.29, 1.82) is 0 Å². The molecule has 0 spiro atoms. The van der Waals surface area contributed by atoms with Crippen LogP contribution in [0.2, 0.25) is 0 Å². The molecular formula is C10H9NO2S. The second-order valence-electron chi connectivity index (χ2n) is 2.96. The predicted molar refractivity (Wildman–Crippen MR) is 59.0 cm³/mol. The van der Waals surface area contributed by atoms with E-state index in [0.717, 1.165) is 16.7 Å². The van der Waals surface area contributed by atoms with Gasteiger partial charge >= 0.3 is 0 Å². The molecule has 0 saturated heterocycles. The van der Waals surface area contributed by atoms with E-state index in [1.165, 1.54) is 4.90 Å². The lowest BCUT2D eigenvalue weighted by Crippen LogP contribution is -2.18. The Kier molecular flexibility index (Phi) is 2.21. The molecule has 1 aromatic heterocycles. The van der Waals surface area contributed by atoms with E-state index in [-0.39, 0.29) is 5.24 Å². The van der Waals surface area contributed by atoms with Gasteiger partial charge in [0.05, 0.1) is 5.69 Å². The summed E-state index contributed by atoms with van der Waals surface area (Å²) in [4.78, 5) is 12.5. The van der Waals surface area contributed by atoms with Gasteiger partial charge in [-0.15, -0.1) is 0 Å². The van der Waals surface area contributed by atoms with Crippen molar-refractivity contribution in [3.63, 3.8) is 0 Å². The minimum Gasteiger partial charge on any atom is -0.462 e. The van der Waals surface area contributed by atoms with Gasteiger partial charge in [-0.2, -0.15) is 0 Å². The third kappa shape index (κ3) is 1.37. The largest absolute Gasteiger partial charge is 0.462 e. The van der Waals surface area contributed by atoms with Crippen LogP contribution in [0.3, 0.4) is 0 Å². The minimum atomic E-state index is -0.309. The molecule has 2 rings (SSSR count). The number of rotatable bonds is 1. The minimum absolute atomic E-state index is 0.309. The van der Waals surface area contributed by atoms with Crippen LogP contribution in [-0.4, -0.2) is 12.3 Å². The van der Waals surface area contributed by atoms with Crippen LogP contribution in [0.5, 0.6) is 0 Å². The number of furan rings is 1. The number of amides is 1. The number of anilines is 1. The molecule has 0 N–H and O–H groups in total. The summed E-state index contributed by atoms with van der Waals surface area (Å²) in [6.45, 7) is 0. The van der Waals surface area contributed by atoms with Gasteiger partial charge in [0.1, 0.15) is 11.8 Å². The van der Waals surface area contributed by atoms with E-state index in [9.17, 15) is 4.79 Å². The van der Waals surface area contributed by atoms with E-state index >= 15 is 0 Å². The van der Waals surface area contributed by atoms with Gasteiger partial charge in [0.2, 0.25) is 0 Å². The Morgan fingerprint density at radius 2 is 2.14 bits per heavy atom.